The van der Waals surface area contributed by atoms with Gasteiger partial charge in [-0.2, -0.15) is 0 Å². The SMILES string of the molecule is CC#CC(CC(=O)O)c1ccc(N(Cc2cccc(OC)c2)Cc2cccc(OC)c2)cc1. The van der Waals surface area contributed by atoms with Crippen LogP contribution in [-0.4, -0.2) is 25.3 Å². The molecule has 0 spiro atoms. The lowest BCUT2D eigenvalue weighted by Crippen LogP contribution is -2.22. The molecule has 5 nitrogen and oxygen atoms in total. The average Bonchev–Trinajstić information content (AvgIpc) is 2.83. The van der Waals surface area contributed by atoms with Gasteiger partial charge >= 0.3 is 5.97 Å². The van der Waals surface area contributed by atoms with Crippen LogP contribution in [0.1, 0.15) is 36.0 Å². The Morgan fingerprint density at radius 3 is 1.91 bits per heavy atom. The van der Waals surface area contributed by atoms with E-state index in [-0.39, 0.29) is 12.3 Å². The van der Waals surface area contributed by atoms with E-state index in [9.17, 15) is 9.90 Å². The van der Waals surface area contributed by atoms with Crippen molar-refractivity contribution in [2.24, 2.45) is 0 Å². The third-order valence-electron chi connectivity index (χ3n) is 5.37. The zero-order valence-electron chi connectivity index (χ0n) is 19.2. The molecule has 1 atom stereocenters. The van der Waals surface area contributed by atoms with Crippen LogP contribution in [0.15, 0.2) is 72.8 Å². The van der Waals surface area contributed by atoms with Crippen molar-refractivity contribution in [3.8, 4) is 23.3 Å². The predicted octanol–water partition coefficient (Wildman–Crippen LogP) is 5.49. The molecule has 0 aliphatic carbocycles. The minimum absolute atomic E-state index is 0.0163. The van der Waals surface area contributed by atoms with Crippen LogP contribution in [0.3, 0.4) is 0 Å². The number of carbonyl (C=O) groups is 1. The van der Waals surface area contributed by atoms with Crippen LogP contribution in [0.2, 0.25) is 0 Å². The Morgan fingerprint density at radius 1 is 0.909 bits per heavy atom. The first-order valence-electron chi connectivity index (χ1n) is 10.8. The summed E-state index contributed by atoms with van der Waals surface area (Å²) in [6, 6.07) is 24.1. The highest BCUT2D eigenvalue weighted by Crippen LogP contribution is 2.27. The summed E-state index contributed by atoms with van der Waals surface area (Å²) in [7, 11) is 3.33. The van der Waals surface area contributed by atoms with Crippen LogP contribution in [-0.2, 0) is 17.9 Å². The molecule has 170 valence electrons. The number of aliphatic carboxylic acids is 1. The molecule has 1 unspecified atom stereocenters. The fourth-order valence-corrected chi connectivity index (χ4v) is 3.74. The zero-order valence-corrected chi connectivity index (χ0v) is 19.2. The molecular formula is C28H29NO4. The highest BCUT2D eigenvalue weighted by atomic mass is 16.5. The van der Waals surface area contributed by atoms with Crippen molar-refractivity contribution < 1.29 is 19.4 Å². The summed E-state index contributed by atoms with van der Waals surface area (Å²) in [5, 5.41) is 9.23. The topological polar surface area (TPSA) is 59.0 Å². The molecule has 3 aromatic rings. The Labute approximate surface area is 195 Å². The first-order valence-corrected chi connectivity index (χ1v) is 10.8. The van der Waals surface area contributed by atoms with Crippen LogP contribution < -0.4 is 14.4 Å². The third kappa shape index (κ3) is 6.78. The Bertz CT molecular complexity index is 1080. The van der Waals surface area contributed by atoms with Crippen molar-refractivity contribution in [3.05, 3.63) is 89.5 Å². The van der Waals surface area contributed by atoms with E-state index in [0.29, 0.717) is 13.1 Å². The number of rotatable bonds is 10. The molecule has 0 fully saturated rings. The van der Waals surface area contributed by atoms with Gasteiger partial charge in [-0.1, -0.05) is 42.3 Å². The maximum atomic E-state index is 11.2. The molecule has 0 heterocycles. The summed E-state index contributed by atoms with van der Waals surface area (Å²) >= 11 is 0. The standard InChI is InChI=1S/C28H29NO4/c1-4-7-24(18-28(30)31)23-12-14-25(15-13-23)29(19-21-8-5-10-26(16-21)32-2)20-22-9-6-11-27(17-22)33-3/h5-6,8-17,24H,18-20H2,1-3H3,(H,30,31). The molecule has 0 bridgehead atoms. The number of carboxylic acids is 1. The number of nitrogens with zero attached hydrogens (tertiary/aromatic N) is 1. The van der Waals surface area contributed by atoms with Crippen molar-refractivity contribution in [2.75, 3.05) is 19.1 Å². The highest BCUT2D eigenvalue weighted by Gasteiger charge is 2.15. The molecule has 0 saturated carbocycles. The van der Waals surface area contributed by atoms with Gasteiger partial charge in [-0.3, -0.25) is 4.79 Å². The highest BCUT2D eigenvalue weighted by molar-refractivity contribution is 5.69. The molecule has 0 aliphatic rings. The van der Waals surface area contributed by atoms with E-state index >= 15 is 0 Å². The van der Waals surface area contributed by atoms with Crippen molar-refractivity contribution in [1.29, 1.82) is 0 Å². The number of carboxylic acid groups (broad SMARTS) is 1. The van der Waals surface area contributed by atoms with Crippen molar-refractivity contribution >= 4 is 11.7 Å². The quantitative estimate of drug-likeness (QED) is 0.420. The molecule has 1 N–H and O–H groups in total. The van der Waals surface area contributed by atoms with Gasteiger partial charge in [0.25, 0.3) is 0 Å². The molecule has 3 aromatic carbocycles. The fraction of sp³-hybridized carbons (Fsp3) is 0.250. The van der Waals surface area contributed by atoms with Crippen molar-refractivity contribution in [3.63, 3.8) is 0 Å². The summed E-state index contributed by atoms with van der Waals surface area (Å²) in [6.07, 6.45) is -0.0163. The smallest absolute Gasteiger partial charge is 0.304 e. The van der Waals surface area contributed by atoms with E-state index in [0.717, 1.165) is 33.9 Å². The summed E-state index contributed by atoms with van der Waals surface area (Å²) in [4.78, 5) is 13.5. The molecule has 0 amide bonds. The average molecular weight is 444 g/mol. The second-order valence-electron chi connectivity index (χ2n) is 7.70. The molecule has 0 saturated heterocycles. The molecule has 0 radical (unpaired) electrons. The molecule has 3 rings (SSSR count). The lowest BCUT2D eigenvalue weighted by Gasteiger charge is -2.26. The van der Waals surface area contributed by atoms with Gasteiger partial charge in [-0.05, 0) is 60.0 Å². The summed E-state index contributed by atoms with van der Waals surface area (Å²) < 4.78 is 10.8. The van der Waals surface area contributed by atoms with Crippen LogP contribution in [0.5, 0.6) is 11.5 Å². The van der Waals surface area contributed by atoms with E-state index in [4.69, 9.17) is 9.47 Å². The van der Waals surface area contributed by atoms with E-state index in [1.165, 1.54) is 0 Å². The molecule has 5 heteroatoms. The normalized spacial score (nSPS) is 11.1. The van der Waals surface area contributed by atoms with Gasteiger partial charge in [0.05, 0.1) is 26.6 Å². The number of benzene rings is 3. The van der Waals surface area contributed by atoms with E-state index < -0.39 is 5.97 Å². The minimum Gasteiger partial charge on any atom is -0.497 e. The van der Waals surface area contributed by atoms with Crippen LogP contribution >= 0.6 is 0 Å². The van der Waals surface area contributed by atoms with Gasteiger partial charge in [0.15, 0.2) is 0 Å². The maximum Gasteiger partial charge on any atom is 0.304 e. The van der Waals surface area contributed by atoms with Gasteiger partial charge in [0.2, 0.25) is 0 Å². The van der Waals surface area contributed by atoms with Gasteiger partial charge in [-0.15, -0.1) is 5.92 Å². The molecule has 33 heavy (non-hydrogen) atoms. The summed E-state index contributed by atoms with van der Waals surface area (Å²) in [6.45, 7) is 3.09. The van der Waals surface area contributed by atoms with Crippen LogP contribution in [0.25, 0.3) is 0 Å². The summed E-state index contributed by atoms with van der Waals surface area (Å²) in [5.74, 6) is 6.31. The van der Waals surface area contributed by atoms with Crippen molar-refractivity contribution in [2.45, 2.75) is 32.4 Å². The van der Waals surface area contributed by atoms with Gasteiger partial charge < -0.3 is 19.5 Å². The minimum atomic E-state index is -0.857. The lowest BCUT2D eigenvalue weighted by atomic mass is 9.96. The Kier molecular flexibility index (Phi) is 8.37. The number of anilines is 1. The number of methoxy groups -OCH3 is 2. The monoisotopic (exact) mass is 443 g/mol. The second kappa shape index (κ2) is 11.6. The number of ether oxygens (including phenoxy) is 2. The van der Waals surface area contributed by atoms with Crippen LogP contribution in [0.4, 0.5) is 5.69 Å². The van der Waals surface area contributed by atoms with Crippen molar-refractivity contribution in [1.82, 2.24) is 0 Å². The van der Waals surface area contributed by atoms with Gasteiger partial charge in [0.1, 0.15) is 11.5 Å². The van der Waals surface area contributed by atoms with E-state index in [1.807, 2.05) is 60.7 Å². The largest absolute Gasteiger partial charge is 0.497 e. The first-order chi connectivity index (χ1) is 16.0. The predicted molar refractivity (Wildman–Crippen MR) is 131 cm³/mol. The molecular weight excluding hydrogens is 414 g/mol. The Hall–Kier alpha value is -3.91. The molecule has 0 aliphatic heterocycles. The fourth-order valence-electron chi connectivity index (χ4n) is 3.74. The van der Waals surface area contributed by atoms with Gasteiger partial charge in [-0.25, -0.2) is 0 Å². The Morgan fingerprint density at radius 2 is 1.45 bits per heavy atom. The van der Waals surface area contributed by atoms with Crippen LogP contribution in [0, 0.1) is 11.8 Å². The van der Waals surface area contributed by atoms with Gasteiger partial charge in [0, 0.05) is 18.8 Å². The number of hydrogen-bond acceptors (Lipinski definition) is 4. The Balaban J connectivity index is 1.91. The van der Waals surface area contributed by atoms with E-state index in [2.05, 4.69) is 28.9 Å². The summed E-state index contributed by atoms with van der Waals surface area (Å²) in [5.41, 5.74) is 4.19. The molecule has 0 aromatic heterocycles. The number of hydrogen-bond donors (Lipinski definition) is 1. The third-order valence-corrected chi connectivity index (χ3v) is 5.37. The lowest BCUT2D eigenvalue weighted by molar-refractivity contribution is -0.137. The van der Waals surface area contributed by atoms with E-state index in [1.54, 1.807) is 21.1 Å². The first kappa shape index (κ1) is 23.7. The second-order valence-corrected chi connectivity index (χ2v) is 7.70. The maximum absolute atomic E-state index is 11.2. The zero-order chi connectivity index (χ0) is 23.6.